The van der Waals surface area contributed by atoms with E-state index in [4.69, 9.17) is 14.5 Å². The van der Waals surface area contributed by atoms with E-state index in [1.54, 1.807) is 41.5 Å². The molecule has 0 aromatic heterocycles. The molecule has 0 aromatic carbocycles. The summed E-state index contributed by atoms with van der Waals surface area (Å²) >= 11 is 0. The maximum Gasteiger partial charge on any atom is 0.278 e. The molecular weight excluding hydrogens is 432 g/mol. The molecular formula is C22H40N4O7. The zero-order valence-corrected chi connectivity index (χ0v) is 20.9. The van der Waals surface area contributed by atoms with Crippen molar-refractivity contribution in [1.29, 1.82) is 0 Å². The summed E-state index contributed by atoms with van der Waals surface area (Å²) in [5.74, 6) is -2.40. The van der Waals surface area contributed by atoms with Crippen LogP contribution in [0.3, 0.4) is 0 Å². The van der Waals surface area contributed by atoms with Gasteiger partial charge in [-0.3, -0.25) is 33.7 Å². The van der Waals surface area contributed by atoms with Crippen LogP contribution in [0.25, 0.3) is 0 Å². The lowest BCUT2D eigenvalue weighted by Gasteiger charge is -2.24. The van der Waals surface area contributed by atoms with Crippen LogP contribution < -0.4 is 21.8 Å². The van der Waals surface area contributed by atoms with Crippen molar-refractivity contribution in [2.75, 3.05) is 6.54 Å². The standard InChI is InChI=1S/C22H40N4O7/c1-12(2)11-23-19(28)16(13(3)4)32-26-21(30)22(9-10-22)33-25-20(29)17(14(5)6)31-24-18(27)15(7)8/h12-17H,9-11H2,1-8H3,(H,23,28)(H,24,27)(H,25,29)(H,26,30)/t16-,17-/m1/s1. The minimum Gasteiger partial charge on any atom is -0.353 e. The Balaban J connectivity index is 2.61. The van der Waals surface area contributed by atoms with Gasteiger partial charge in [0.2, 0.25) is 5.91 Å². The van der Waals surface area contributed by atoms with Crippen molar-refractivity contribution in [1.82, 2.24) is 21.8 Å². The number of amides is 4. The SMILES string of the molecule is CC(C)CNC(=O)[C@H](ONC(=O)C1(ONC(=O)[C@H](ONC(=O)C(C)C)C(C)C)CC1)C(C)C. The molecule has 1 aliphatic rings. The van der Waals surface area contributed by atoms with Crippen molar-refractivity contribution in [2.45, 2.75) is 86.0 Å². The summed E-state index contributed by atoms with van der Waals surface area (Å²) in [6, 6.07) is 0. The minimum atomic E-state index is -1.28. The Bertz CT molecular complexity index is 690. The van der Waals surface area contributed by atoms with Gasteiger partial charge in [-0.25, -0.2) is 16.4 Å². The number of hydrogen-bond donors (Lipinski definition) is 4. The Morgan fingerprint density at radius 2 is 1.24 bits per heavy atom. The first-order valence-electron chi connectivity index (χ1n) is 11.5. The molecule has 0 saturated heterocycles. The van der Waals surface area contributed by atoms with Crippen LogP contribution in [0.5, 0.6) is 0 Å². The van der Waals surface area contributed by atoms with Crippen LogP contribution in [0.2, 0.25) is 0 Å². The van der Waals surface area contributed by atoms with Gasteiger partial charge in [-0.1, -0.05) is 55.4 Å². The van der Waals surface area contributed by atoms with Gasteiger partial charge >= 0.3 is 0 Å². The summed E-state index contributed by atoms with van der Waals surface area (Å²) in [6.45, 7) is 14.9. The number of hydrogen-bond acceptors (Lipinski definition) is 7. The summed E-state index contributed by atoms with van der Waals surface area (Å²) in [6.07, 6.45) is -1.16. The number of rotatable bonds is 14. The van der Waals surface area contributed by atoms with Crippen molar-refractivity contribution < 1.29 is 33.7 Å². The fourth-order valence-electron chi connectivity index (χ4n) is 2.53. The predicted molar refractivity (Wildman–Crippen MR) is 120 cm³/mol. The average molecular weight is 473 g/mol. The molecule has 0 aromatic rings. The lowest BCUT2D eigenvalue weighted by Crippen LogP contribution is -2.50. The molecule has 11 nitrogen and oxygen atoms in total. The monoisotopic (exact) mass is 472 g/mol. The van der Waals surface area contributed by atoms with E-state index in [9.17, 15) is 19.2 Å². The first-order chi connectivity index (χ1) is 15.3. The number of nitrogens with one attached hydrogen (secondary N) is 4. The molecule has 2 atom stereocenters. The van der Waals surface area contributed by atoms with Crippen LogP contribution in [0.1, 0.15) is 68.2 Å². The highest BCUT2D eigenvalue weighted by molar-refractivity contribution is 5.88. The van der Waals surface area contributed by atoms with Gasteiger partial charge in [0, 0.05) is 12.5 Å². The van der Waals surface area contributed by atoms with Crippen molar-refractivity contribution in [3.05, 3.63) is 0 Å². The number of carbonyl (C=O) groups excluding carboxylic acids is 4. The molecule has 1 rings (SSSR count). The lowest BCUT2D eigenvalue weighted by atomic mass is 10.1. The number of carbonyl (C=O) groups is 4. The molecule has 11 heteroatoms. The van der Waals surface area contributed by atoms with E-state index in [1.165, 1.54) is 0 Å². The van der Waals surface area contributed by atoms with Crippen LogP contribution >= 0.6 is 0 Å². The second-order valence-corrected chi connectivity index (χ2v) is 9.82. The third-order valence-corrected chi connectivity index (χ3v) is 4.97. The maximum atomic E-state index is 12.6. The normalized spacial score (nSPS) is 16.5. The van der Waals surface area contributed by atoms with E-state index < -0.39 is 29.6 Å². The highest BCUT2D eigenvalue weighted by atomic mass is 16.7. The molecule has 0 heterocycles. The quantitative estimate of drug-likeness (QED) is 0.278. The van der Waals surface area contributed by atoms with Crippen LogP contribution in [-0.4, -0.2) is 48.0 Å². The lowest BCUT2D eigenvalue weighted by molar-refractivity contribution is -0.175. The molecule has 33 heavy (non-hydrogen) atoms. The van der Waals surface area contributed by atoms with Crippen molar-refractivity contribution in [3.8, 4) is 0 Å². The van der Waals surface area contributed by atoms with Crippen LogP contribution in [0.15, 0.2) is 0 Å². The zero-order valence-electron chi connectivity index (χ0n) is 20.9. The first-order valence-corrected chi connectivity index (χ1v) is 11.5. The Labute approximate surface area is 195 Å². The summed E-state index contributed by atoms with van der Waals surface area (Å²) in [7, 11) is 0. The summed E-state index contributed by atoms with van der Waals surface area (Å²) in [5.41, 5.74) is 5.53. The second kappa shape index (κ2) is 12.9. The summed E-state index contributed by atoms with van der Waals surface area (Å²) in [5, 5.41) is 2.78. The molecule has 1 fully saturated rings. The molecule has 0 bridgehead atoms. The third-order valence-electron chi connectivity index (χ3n) is 4.97. The van der Waals surface area contributed by atoms with Crippen molar-refractivity contribution in [3.63, 3.8) is 0 Å². The average Bonchev–Trinajstić information content (AvgIpc) is 3.51. The van der Waals surface area contributed by atoms with Gasteiger partial charge in [0.05, 0.1) is 0 Å². The molecule has 0 spiro atoms. The predicted octanol–water partition coefficient (Wildman–Crippen LogP) is 1.14. The summed E-state index contributed by atoms with van der Waals surface area (Å²) < 4.78 is 0. The molecule has 0 unspecified atom stereocenters. The van der Waals surface area contributed by atoms with Gasteiger partial charge < -0.3 is 5.32 Å². The highest BCUT2D eigenvalue weighted by Gasteiger charge is 2.54. The Morgan fingerprint density at radius 1 is 0.727 bits per heavy atom. The van der Waals surface area contributed by atoms with Gasteiger partial charge in [0.1, 0.15) is 0 Å². The smallest absolute Gasteiger partial charge is 0.278 e. The van der Waals surface area contributed by atoms with Gasteiger partial charge in [0.25, 0.3) is 17.7 Å². The van der Waals surface area contributed by atoms with Crippen molar-refractivity contribution in [2.24, 2.45) is 23.7 Å². The van der Waals surface area contributed by atoms with Gasteiger partial charge in [-0.2, -0.15) is 0 Å². The fraction of sp³-hybridized carbons (Fsp3) is 0.818. The zero-order chi connectivity index (χ0) is 25.3. The largest absolute Gasteiger partial charge is 0.353 e. The molecule has 0 aliphatic heterocycles. The van der Waals surface area contributed by atoms with E-state index in [0.29, 0.717) is 19.4 Å². The highest BCUT2D eigenvalue weighted by Crippen LogP contribution is 2.39. The second-order valence-electron chi connectivity index (χ2n) is 9.82. The van der Waals surface area contributed by atoms with E-state index >= 15 is 0 Å². The molecule has 1 aliphatic carbocycles. The molecule has 4 amide bonds. The molecule has 0 radical (unpaired) electrons. The maximum absolute atomic E-state index is 12.6. The van der Waals surface area contributed by atoms with E-state index in [0.717, 1.165) is 0 Å². The Hall–Kier alpha value is -2.24. The topological polar surface area (TPSA) is 144 Å². The van der Waals surface area contributed by atoms with Crippen LogP contribution in [0, 0.1) is 23.7 Å². The minimum absolute atomic E-state index is 0.182. The Morgan fingerprint density at radius 3 is 1.70 bits per heavy atom. The Kier molecular flexibility index (Phi) is 11.2. The molecule has 190 valence electrons. The molecule has 4 N–H and O–H groups in total. The third kappa shape index (κ3) is 9.26. The van der Waals surface area contributed by atoms with Crippen molar-refractivity contribution >= 4 is 23.6 Å². The number of hydroxylamine groups is 3. The van der Waals surface area contributed by atoms with Gasteiger partial charge in [-0.15, -0.1) is 0 Å². The van der Waals surface area contributed by atoms with Crippen LogP contribution in [-0.2, 0) is 33.7 Å². The van der Waals surface area contributed by atoms with Gasteiger partial charge in [-0.05, 0) is 30.6 Å². The van der Waals surface area contributed by atoms with E-state index in [2.05, 4.69) is 21.8 Å². The fourth-order valence-corrected chi connectivity index (χ4v) is 2.53. The van der Waals surface area contributed by atoms with Crippen LogP contribution in [0.4, 0.5) is 0 Å². The summed E-state index contributed by atoms with van der Waals surface area (Å²) in [4.78, 5) is 65.2. The van der Waals surface area contributed by atoms with Gasteiger partial charge in [0.15, 0.2) is 17.8 Å². The first kappa shape index (κ1) is 28.8. The molecule has 1 saturated carbocycles. The van der Waals surface area contributed by atoms with E-state index in [-0.39, 0.29) is 35.5 Å². The van der Waals surface area contributed by atoms with E-state index in [1.807, 2.05) is 13.8 Å².